The standard InChI is InChI=1S/C72H142O7/c1-7-13-17-21-25-39-47-55-65-75-69(76-66-56-48-40-26-22-18-14-8-2)59-51-43-35-31-29-33-37-45-53-61-71(73-63-11-5)79-72(74-64-12-6)62-54-46-38-34-30-32-36-44-52-60-70(77-67-57-49-41-27-23-19-15-9-3)78-68-58-50-42-28-24-20-16-10-4/h53-54,61-62,69-72H,7-52,55-60,63-68H2,1-6H3. The molecule has 0 aliphatic carbocycles. The lowest BCUT2D eigenvalue weighted by Crippen LogP contribution is -2.25. The smallest absolute Gasteiger partial charge is 0.180 e. The zero-order valence-electron chi connectivity index (χ0n) is 54.5. The van der Waals surface area contributed by atoms with E-state index in [1.165, 1.54) is 295 Å². The molecule has 7 heteroatoms. The molecule has 79 heavy (non-hydrogen) atoms. The molecule has 0 aliphatic heterocycles. The van der Waals surface area contributed by atoms with Crippen LogP contribution in [0.25, 0.3) is 0 Å². The van der Waals surface area contributed by atoms with E-state index in [1.807, 2.05) is 0 Å². The summed E-state index contributed by atoms with van der Waals surface area (Å²) < 4.78 is 44.1. The predicted molar refractivity (Wildman–Crippen MR) is 344 cm³/mol. The molecular weight excluding hydrogens is 977 g/mol. The lowest BCUT2D eigenvalue weighted by atomic mass is 10.1. The highest BCUT2D eigenvalue weighted by Gasteiger charge is 2.14. The average molecular weight is 1120 g/mol. The van der Waals surface area contributed by atoms with E-state index in [2.05, 4.69) is 65.8 Å². The molecule has 0 aromatic heterocycles. The maximum absolute atomic E-state index is 6.41. The summed E-state index contributed by atoms with van der Waals surface area (Å²) >= 11 is 0. The minimum absolute atomic E-state index is 0.0183. The van der Waals surface area contributed by atoms with Crippen LogP contribution in [-0.2, 0) is 33.2 Å². The van der Waals surface area contributed by atoms with Crippen LogP contribution in [0.4, 0.5) is 0 Å². The highest BCUT2D eigenvalue weighted by molar-refractivity contribution is 4.90. The van der Waals surface area contributed by atoms with Crippen LogP contribution < -0.4 is 0 Å². The molecule has 0 saturated carbocycles. The molecule has 2 atom stereocenters. The maximum atomic E-state index is 6.41. The zero-order chi connectivity index (χ0) is 57.1. The first-order valence-electron chi connectivity index (χ1n) is 35.8. The molecule has 0 spiro atoms. The van der Waals surface area contributed by atoms with Crippen molar-refractivity contribution in [2.75, 3.05) is 39.6 Å². The lowest BCUT2D eigenvalue weighted by Gasteiger charge is -2.21. The number of unbranched alkanes of at least 4 members (excludes halogenated alkanes) is 42. The summed E-state index contributed by atoms with van der Waals surface area (Å²) in [6.45, 7) is 18.2. The molecule has 2 unspecified atom stereocenters. The molecular formula is C72H142O7. The van der Waals surface area contributed by atoms with Crippen molar-refractivity contribution in [1.29, 1.82) is 0 Å². The molecule has 0 fully saturated rings. The third-order valence-corrected chi connectivity index (χ3v) is 15.7. The number of allylic oxidation sites excluding steroid dienone is 2. The Balaban J connectivity index is 4.54. The van der Waals surface area contributed by atoms with Gasteiger partial charge in [0.1, 0.15) is 0 Å². The fourth-order valence-corrected chi connectivity index (χ4v) is 10.4. The molecule has 0 amide bonds. The Kier molecular flexibility index (Phi) is 69.0. The van der Waals surface area contributed by atoms with E-state index >= 15 is 0 Å². The topological polar surface area (TPSA) is 64.6 Å². The second kappa shape index (κ2) is 69.7. The van der Waals surface area contributed by atoms with Crippen molar-refractivity contribution >= 4 is 0 Å². The summed E-state index contributed by atoms with van der Waals surface area (Å²) in [5, 5.41) is 0. The van der Waals surface area contributed by atoms with E-state index in [0.29, 0.717) is 13.2 Å². The van der Waals surface area contributed by atoms with Crippen molar-refractivity contribution in [3.8, 4) is 0 Å². The van der Waals surface area contributed by atoms with Crippen LogP contribution in [0.15, 0.2) is 24.3 Å². The Morgan fingerprint density at radius 1 is 0.215 bits per heavy atom. The Hall–Kier alpha value is -0.800. The van der Waals surface area contributed by atoms with Crippen molar-refractivity contribution in [3.05, 3.63) is 24.3 Å². The molecule has 0 aromatic rings. The molecule has 472 valence electrons. The Bertz CT molecular complexity index is 1020. The second-order valence-electron chi connectivity index (χ2n) is 23.8. The van der Waals surface area contributed by atoms with Crippen LogP contribution in [0.5, 0.6) is 0 Å². The van der Waals surface area contributed by atoms with E-state index in [9.17, 15) is 0 Å². The van der Waals surface area contributed by atoms with Crippen molar-refractivity contribution in [3.63, 3.8) is 0 Å². The number of ether oxygens (including phenoxy) is 7. The van der Waals surface area contributed by atoms with Gasteiger partial charge in [-0.3, -0.25) is 0 Å². The first kappa shape index (κ1) is 78.2. The van der Waals surface area contributed by atoms with Gasteiger partial charge in [0.15, 0.2) is 25.2 Å². The van der Waals surface area contributed by atoms with E-state index < -0.39 is 0 Å². The summed E-state index contributed by atoms with van der Waals surface area (Å²) in [7, 11) is 0. The molecule has 0 aliphatic rings. The summed E-state index contributed by atoms with van der Waals surface area (Å²) in [6, 6.07) is 0. The second-order valence-corrected chi connectivity index (χ2v) is 23.8. The summed E-state index contributed by atoms with van der Waals surface area (Å²) in [5.74, 6) is 0. The maximum Gasteiger partial charge on any atom is 0.180 e. The quantitative estimate of drug-likeness (QED) is 0.0342. The molecule has 0 N–H and O–H groups in total. The van der Waals surface area contributed by atoms with Gasteiger partial charge < -0.3 is 33.2 Å². The third-order valence-electron chi connectivity index (χ3n) is 15.7. The summed E-state index contributed by atoms with van der Waals surface area (Å²) in [6.07, 6.45) is 74.5. The molecule has 0 rings (SSSR count). The largest absolute Gasteiger partial charge is 0.353 e. The van der Waals surface area contributed by atoms with Gasteiger partial charge in [-0.05, 0) is 102 Å². The van der Waals surface area contributed by atoms with Crippen LogP contribution in [-0.4, -0.2) is 64.8 Å². The minimum Gasteiger partial charge on any atom is -0.353 e. The SMILES string of the molecule is CCCCCCCCCCOC(CCCCCCCCCC=CC(OCCC)OC(C=CCCCCCCCCCC(OCCCCCCCCCC)OCCCCCCCCCC)OCCC)OCCCCCCCCCC. The van der Waals surface area contributed by atoms with Crippen molar-refractivity contribution < 1.29 is 33.2 Å². The fourth-order valence-electron chi connectivity index (χ4n) is 10.4. The van der Waals surface area contributed by atoms with Crippen LogP contribution in [0.3, 0.4) is 0 Å². The summed E-state index contributed by atoms with van der Waals surface area (Å²) in [4.78, 5) is 0. The van der Waals surface area contributed by atoms with Gasteiger partial charge >= 0.3 is 0 Å². The average Bonchev–Trinajstić information content (AvgIpc) is 3.46. The van der Waals surface area contributed by atoms with Crippen molar-refractivity contribution in [2.24, 2.45) is 0 Å². The van der Waals surface area contributed by atoms with Crippen LogP contribution in [0.1, 0.15) is 375 Å². The Morgan fingerprint density at radius 3 is 0.696 bits per heavy atom. The van der Waals surface area contributed by atoms with Gasteiger partial charge in [-0.25, -0.2) is 0 Å². The highest BCUT2D eigenvalue weighted by Crippen LogP contribution is 2.19. The normalized spacial score (nSPS) is 13.0. The van der Waals surface area contributed by atoms with Crippen LogP contribution in [0.2, 0.25) is 0 Å². The number of rotatable bonds is 70. The third kappa shape index (κ3) is 63.1. The van der Waals surface area contributed by atoms with E-state index in [4.69, 9.17) is 33.2 Å². The van der Waals surface area contributed by atoms with Gasteiger partial charge in [-0.2, -0.15) is 0 Å². The van der Waals surface area contributed by atoms with Gasteiger partial charge in [-0.15, -0.1) is 0 Å². The van der Waals surface area contributed by atoms with E-state index in [-0.39, 0.29) is 25.2 Å². The lowest BCUT2D eigenvalue weighted by molar-refractivity contribution is -0.207. The highest BCUT2D eigenvalue weighted by atomic mass is 16.8. The van der Waals surface area contributed by atoms with Gasteiger partial charge in [0.05, 0.1) is 0 Å². The zero-order valence-corrected chi connectivity index (χ0v) is 54.5. The molecule has 0 bridgehead atoms. The molecule has 0 heterocycles. The number of hydrogen-bond acceptors (Lipinski definition) is 7. The van der Waals surface area contributed by atoms with Crippen molar-refractivity contribution in [2.45, 2.75) is 401 Å². The van der Waals surface area contributed by atoms with Crippen LogP contribution >= 0.6 is 0 Å². The van der Waals surface area contributed by atoms with Gasteiger partial charge in [0.25, 0.3) is 0 Å². The molecule has 0 aromatic carbocycles. The van der Waals surface area contributed by atoms with E-state index in [1.54, 1.807) is 0 Å². The molecule has 0 saturated heterocycles. The van der Waals surface area contributed by atoms with Crippen molar-refractivity contribution in [1.82, 2.24) is 0 Å². The first-order chi connectivity index (χ1) is 39.1. The first-order valence-corrected chi connectivity index (χ1v) is 35.8. The number of hydrogen-bond donors (Lipinski definition) is 0. The van der Waals surface area contributed by atoms with Gasteiger partial charge in [-0.1, -0.05) is 298 Å². The monoisotopic (exact) mass is 1120 g/mol. The minimum atomic E-state index is -0.387. The fraction of sp³-hybridized carbons (Fsp3) is 0.944. The van der Waals surface area contributed by atoms with Crippen LogP contribution in [0, 0.1) is 0 Å². The molecule has 7 nitrogen and oxygen atoms in total. The summed E-state index contributed by atoms with van der Waals surface area (Å²) in [5.41, 5.74) is 0. The predicted octanol–water partition coefficient (Wildman–Crippen LogP) is 23.9. The van der Waals surface area contributed by atoms with Gasteiger partial charge in [0, 0.05) is 39.6 Å². The molecule has 0 radical (unpaired) electrons. The van der Waals surface area contributed by atoms with Gasteiger partial charge in [0.2, 0.25) is 0 Å². The van der Waals surface area contributed by atoms with E-state index in [0.717, 1.165) is 65.0 Å². The Labute approximate surface area is 495 Å². The Morgan fingerprint density at radius 2 is 0.443 bits per heavy atom.